The first kappa shape index (κ1) is 11.9. The molecule has 0 heterocycles. The Morgan fingerprint density at radius 3 is 1.92 bits per heavy atom. The zero-order valence-corrected chi connectivity index (χ0v) is 8.79. The number of aliphatic carboxylic acids is 1. The fraction of sp³-hybridized carbons (Fsp3) is 0.778. The van der Waals surface area contributed by atoms with Gasteiger partial charge >= 0.3 is 11.9 Å². The number of amides is 1. The SMILES string of the molecule is CC(N(C)C(=O)C(=O)O)C(C)(C)C. The highest BCUT2D eigenvalue weighted by molar-refractivity contribution is 6.31. The van der Waals surface area contributed by atoms with Gasteiger partial charge < -0.3 is 10.0 Å². The Bertz CT molecular complexity index is 217. The van der Waals surface area contributed by atoms with E-state index < -0.39 is 11.9 Å². The third-order valence-corrected chi connectivity index (χ3v) is 2.34. The van der Waals surface area contributed by atoms with Gasteiger partial charge in [0.2, 0.25) is 0 Å². The van der Waals surface area contributed by atoms with E-state index in [1.54, 1.807) is 0 Å². The van der Waals surface area contributed by atoms with E-state index in [4.69, 9.17) is 5.11 Å². The van der Waals surface area contributed by atoms with Crippen LogP contribution in [0.1, 0.15) is 27.7 Å². The van der Waals surface area contributed by atoms with E-state index in [9.17, 15) is 9.59 Å². The molecule has 0 aromatic heterocycles. The quantitative estimate of drug-likeness (QED) is 0.622. The Labute approximate surface area is 78.5 Å². The van der Waals surface area contributed by atoms with Crippen LogP contribution in [0, 0.1) is 5.41 Å². The molecule has 13 heavy (non-hydrogen) atoms. The van der Waals surface area contributed by atoms with E-state index in [1.165, 1.54) is 11.9 Å². The second-order valence-electron chi connectivity index (χ2n) is 4.26. The lowest BCUT2D eigenvalue weighted by Crippen LogP contribution is -2.45. The molecule has 0 radical (unpaired) electrons. The van der Waals surface area contributed by atoms with Crippen molar-refractivity contribution in [1.82, 2.24) is 4.90 Å². The van der Waals surface area contributed by atoms with Gasteiger partial charge in [-0.1, -0.05) is 20.8 Å². The lowest BCUT2D eigenvalue weighted by atomic mass is 9.87. The summed E-state index contributed by atoms with van der Waals surface area (Å²) in [6.45, 7) is 7.72. The van der Waals surface area contributed by atoms with Crippen molar-refractivity contribution in [3.8, 4) is 0 Å². The van der Waals surface area contributed by atoms with Crippen molar-refractivity contribution in [3.63, 3.8) is 0 Å². The minimum absolute atomic E-state index is 0.101. The monoisotopic (exact) mass is 187 g/mol. The summed E-state index contributed by atoms with van der Waals surface area (Å²) >= 11 is 0. The van der Waals surface area contributed by atoms with Crippen molar-refractivity contribution in [1.29, 1.82) is 0 Å². The van der Waals surface area contributed by atoms with Crippen LogP contribution in [0.5, 0.6) is 0 Å². The Balaban J connectivity index is 4.52. The molecule has 0 rings (SSSR count). The van der Waals surface area contributed by atoms with Gasteiger partial charge in [0.25, 0.3) is 0 Å². The summed E-state index contributed by atoms with van der Waals surface area (Å²) in [6, 6.07) is -0.101. The van der Waals surface area contributed by atoms with Gasteiger partial charge in [-0.25, -0.2) is 4.79 Å². The molecule has 0 aliphatic carbocycles. The van der Waals surface area contributed by atoms with Crippen LogP contribution in [0.25, 0.3) is 0 Å². The van der Waals surface area contributed by atoms with Crippen LogP contribution in [-0.2, 0) is 9.59 Å². The van der Waals surface area contributed by atoms with Crippen LogP contribution < -0.4 is 0 Å². The first-order valence-corrected chi connectivity index (χ1v) is 4.18. The number of carbonyl (C=O) groups excluding carboxylic acids is 1. The zero-order valence-electron chi connectivity index (χ0n) is 8.79. The maximum Gasteiger partial charge on any atom is 0.394 e. The zero-order chi connectivity index (χ0) is 10.8. The summed E-state index contributed by atoms with van der Waals surface area (Å²) in [5.74, 6) is -2.26. The molecule has 76 valence electrons. The van der Waals surface area contributed by atoms with Crippen molar-refractivity contribution in [2.24, 2.45) is 5.41 Å². The third-order valence-electron chi connectivity index (χ3n) is 2.34. The van der Waals surface area contributed by atoms with Crippen molar-refractivity contribution in [2.75, 3.05) is 7.05 Å². The van der Waals surface area contributed by atoms with Crippen molar-refractivity contribution >= 4 is 11.9 Å². The molecule has 0 aliphatic rings. The van der Waals surface area contributed by atoms with E-state index >= 15 is 0 Å². The molecule has 0 bridgehead atoms. The maximum absolute atomic E-state index is 11.1. The van der Waals surface area contributed by atoms with E-state index in [0.717, 1.165) is 0 Å². The molecule has 0 spiro atoms. The van der Waals surface area contributed by atoms with Gasteiger partial charge in [-0.15, -0.1) is 0 Å². The van der Waals surface area contributed by atoms with Crippen LogP contribution in [0.15, 0.2) is 0 Å². The van der Waals surface area contributed by atoms with Gasteiger partial charge in [0.15, 0.2) is 0 Å². The van der Waals surface area contributed by atoms with Gasteiger partial charge in [0.05, 0.1) is 0 Å². The molecule has 0 aromatic carbocycles. The first-order chi connectivity index (χ1) is 5.68. The van der Waals surface area contributed by atoms with Gasteiger partial charge in [-0.3, -0.25) is 4.79 Å². The molecule has 0 saturated heterocycles. The number of nitrogens with zero attached hydrogens (tertiary/aromatic N) is 1. The molecule has 4 heteroatoms. The summed E-state index contributed by atoms with van der Waals surface area (Å²) in [5.41, 5.74) is -0.111. The second-order valence-corrected chi connectivity index (χ2v) is 4.26. The third kappa shape index (κ3) is 3.05. The summed E-state index contributed by atoms with van der Waals surface area (Å²) in [4.78, 5) is 22.7. The number of carbonyl (C=O) groups is 2. The molecule has 1 amide bonds. The van der Waals surface area contributed by atoms with Crippen molar-refractivity contribution in [2.45, 2.75) is 33.7 Å². The van der Waals surface area contributed by atoms with Gasteiger partial charge in [-0.05, 0) is 12.3 Å². The van der Waals surface area contributed by atoms with Crippen LogP contribution in [0.2, 0.25) is 0 Å². The molecule has 4 nitrogen and oxygen atoms in total. The predicted molar refractivity (Wildman–Crippen MR) is 49.3 cm³/mol. The number of likely N-dealkylation sites (N-methyl/N-ethyl adjacent to an activating group) is 1. The summed E-state index contributed by atoms with van der Waals surface area (Å²) in [6.07, 6.45) is 0. The minimum atomic E-state index is -1.40. The van der Waals surface area contributed by atoms with Crippen LogP contribution in [-0.4, -0.2) is 35.0 Å². The van der Waals surface area contributed by atoms with Crippen LogP contribution in [0.4, 0.5) is 0 Å². The highest BCUT2D eigenvalue weighted by atomic mass is 16.4. The van der Waals surface area contributed by atoms with Crippen molar-refractivity contribution < 1.29 is 14.7 Å². The molecule has 1 unspecified atom stereocenters. The molecule has 0 saturated carbocycles. The van der Waals surface area contributed by atoms with E-state index in [2.05, 4.69) is 0 Å². The number of hydrogen-bond donors (Lipinski definition) is 1. The van der Waals surface area contributed by atoms with Crippen LogP contribution >= 0.6 is 0 Å². The Morgan fingerprint density at radius 2 is 1.69 bits per heavy atom. The maximum atomic E-state index is 11.1. The fourth-order valence-electron chi connectivity index (χ4n) is 0.908. The van der Waals surface area contributed by atoms with E-state index in [-0.39, 0.29) is 11.5 Å². The smallest absolute Gasteiger partial charge is 0.394 e. The summed E-state index contributed by atoms with van der Waals surface area (Å²) in [7, 11) is 1.51. The van der Waals surface area contributed by atoms with Crippen molar-refractivity contribution in [3.05, 3.63) is 0 Å². The number of carboxylic acid groups (broad SMARTS) is 1. The van der Waals surface area contributed by atoms with E-state index in [0.29, 0.717) is 0 Å². The number of rotatable bonds is 1. The van der Waals surface area contributed by atoms with Gasteiger partial charge in [-0.2, -0.15) is 0 Å². The normalized spacial score (nSPS) is 13.6. The highest BCUT2D eigenvalue weighted by Crippen LogP contribution is 2.22. The summed E-state index contributed by atoms with van der Waals surface area (Å²) < 4.78 is 0. The molecule has 0 aromatic rings. The lowest BCUT2D eigenvalue weighted by Gasteiger charge is -2.34. The molecule has 0 aliphatic heterocycles. The predicted octanol–water partition coefficient (Wildman–Crippen LogP) is 0.964. The number of carboxylic acids is 1. The molecular weight excluding hydrogens is 170 g/mol. The lowest BCUT2D eigenvalue weighted by molar-refractivity contribution is -0.157. The largest absolute Gasteiger partial charge is 0.474 e. The average molecular weight is 187 g/mol. The first-order valence-electron chi connectivity index (χ1n) is 4.18. The van der Waals surface area contributed by atoms with Gasteiger partial charge in [0.1, 0.15) is 0 Å². The fourth-order valence-corrected chi connectivity index (χ4v) is 0.908. The molecule has 0 fully saturated rings. The Kier molecular flexibility index (Phi) is 3.46. The van der Waals surface area contributed by atoms with Gasteiger partial charge in [0, 0.05) is 13.1 Å². The number of hydrogen-bond acceptors (Lipinski definition) is 2. The Hall–Kier alpha value is -1.06. The Morgan fingerprint density at radius 1 is 1.31 bits per heavy atom. The standard InChI is InChI=1S/C9H17NO3/c1-6(9(2,3)4)10(5)7(11)8(12)13/h6H,1-5H3,(H,12,13). The molecule has 1 atom stereocenters. The molecular formula is C9H17NO3. The topological polar surface area (TPSA) is 57.6 Å². The van der Waals surface area contributed by atoms with E-state index in [1.807, 2.05) is 27.7 Å². The molecule has 1 N–H and O–H groups in total. The van der Waals surface area contributed by atoms with Crippen LogP contribution in [0.3, 0.4) is 0 Å². The summed E-state index contributed by atoms with van der Waals surface area (Å²) in [5, 5.41) is 8.48. The highest BCUT2D eigenvalue weighted by Gasteiger charge is 2.29. The second kappa shape index (κ2) is 3.77. The minimum Gasteiger partial charge on any atom is -0.474 e. The average Bonchev–Trinajstić information content (AvgIpc) is 1.98.